The molecule has 2 aromatic rings. The lowest BCUT2D eigenvalue weighted by molar-refractivity contribution is 0.473. The molecule has 0 unspecified atom stereocenters. The largest absolute Gasteiger partial charge is 0.507 e. The van der Waals surface area contributed by atoms with Gasteiger partial charge in [0, 0.05) is 11.6 Å². The van der Waals surface area contributed by atoms with Gasteiger partial charge in [-0.1, -0.05) is 6.07 Å². The molecule has 4 heteroatoms. The third kappa shape index (κ3) is 2.00. The molecule has 0 aliphatic rings. The molecule has 0 spiro atoms. The van der Waals surface area contributed by atoms with Gasteiger partial charge in [-0.25, -0.2) is 0 Å². The summed E-state index contributed by atoms with van der Waals surface area (Å²) in [5, 5.41) is 10.3. The van der Waals surface area contributed by atoms with Crippen LogP contribution in [0.3, 0.4) is 0 Å². The number of nitrogens with zero attached hydrogens (tertiary/aromatic N) is 1. The fraction of sp³-hybridized carbons (Fsp3) is 0. The summed E-state index contributed by atoms with van der Waals surface area (Å²) in [4.78, 5) is 4.14. The number of rotatable bonds is 0. The van der Waals surface area contributed by atoms with Crippen molar-refractivity contribution < 1.29 is 5.11 Å². The maximum atomic E-state index is 9.34. The van der Waals surface area contributed by atoms with Gasteiger partial charge in [0.25, 0.3) is 0 Å². The Kier molecular flexibility index (Phi) is 3.27. The summed E-state index contributed by atoms with van der Waals surface area (Å²) < 4.78 is 0.675. The number of aromatic nitrogens is 1. The van der Waals surface area contributed by atoms with Gasteiger partial charge in [0.05, 0.1) is 9.99 Å². The molecule has 0 radical (unpaired) electrons. The zero-order chi connectivity index (χ0) is 8.55. The lowest BCUT2D eigenvalue weighted by Crippen LogP contribution is -1.77. The lowest BCUT2D eigenvalue weighted by Gasteiger charge is -1.99. The van der Waals surface area contributed by atoms with Gasteiger partial charge in [-0.05, 0) is 34.1 Å². The van der Waals surface area contributed by atoms with E-state index in [1.54, 1.807) is 18.3 Å². The van der Waals surface area contributed by atoms with E-state index in [0.29, 0.717) is 4.47 Å². The maximum Gasteiger partial charge on any atom is 0.130 e. The number of benzene rings is 1. The zero-order valence-electron chi connectivity index (χ0n) is 6.57. The number of halogens is 2. The van der Waals surface area contributed by atoms with Crippen molar-refractivity contribution in [2.24, 2.45) is 0 Å². The van der Waals surface area contributed by atoms with E-state index in [2.05, 4.69) is 20.9 Å². The average Bonchev–Trinajstić information content (AvgIpc) is 2.07. The van der Waals surface area contributed by atoms with Crippen molar-refractivity contribution in [1.29, 1.82) is 0 Å². The average molecular weight is 305 g/mol. The van der Waals surface area contributed by atoms with E-state index in [-0.39, 0.29) is 22.7 Å². The molecule has 1 aromatic heterocycles. The standard InChI is InChI=1S/C9H6BrNO.BrH/c10-7-5-8-6(4-9(7)12)2-1-3-11-8;/h1-5,12H;1H. The van der Waals surface area contributed by atoms with Crippen LogP contribution in [-0.4, -0.2) is 10.1 Å². The Labute approximate surface area is 94.5 Å². The number of phenolic OH excluding ortho intramolecular Hbond substituents is 1. The van der Waals surface area contributed by atoms with Gasteiger partial charge < -0.3 is 5.11 Å². The molecule has 2 nitrogen and oxygen atoms in total. The summed E-state index contributed by atoms with van der Waals surface area (Å²) in [5.41, 5.74) is 0.877. The monoisotopic (exact) mass is 303 g/mol. The number of phenols is 1. The highest BCUT2D eigenvalue weighted by atomic mass is 79.9. The Hall–Kier alpha value is -0.610. The topological polar surface area (TPSA) is 33.1 Å². The predicted octanol–water partition coefficient (Wildman–Crippen LogP) is 3.28. The van der Waals surface area contributed by atoms with E-state index in [1.165, 1.54) is 0 Å². The quantitative estimate of drug-likeness (QED) is 0.810. The molecule has 13 heavy (non-hydrogen) atoms. The van der Waals surface area contributed by atoms with Crippen molar-refractivity contribution in [3.63, 3.8) is 0 Å². The Balaban J connectivity index is 0.000000845. The molecule has 1 heterocycles. The Morgan fingerprint density at radius 2 is 2.08 bits per heavy atom. The normalized spacial score (nSPS) is 9.62. The fourth-order valence-corrected chi connectivity index (χ4v) is 1.41. The molecule has 0 atom stereocenters. The highest BCUT2D eigenvalue weighted by Crippen LogP contribution is 2.27. The smallest absolute Gasteiger partial charge is 0.130 e. The van der Waals surface area contributed by atoms with Gasteiger partial charge in [-0.3, -0.25) is 4.98 Å². The first kappa shape index (κ1) is 10.5. The SMILES string of the molecule is Br.Oc1cc2cccnc2cc1Br. The van der Waals surface area contributed by atoms with Crippen molar-refractivity contribution in [2.45, 2.75) is 0 Å². The van der Waals surface area contributed by atoms with Gasteiger partial charge in [-0.15, -0.1) is 17.0 Å². The highest BCUT2D eigenvalue weighted by Gasteiger charge is 1.99. The Bertz CT molecular complexity index is 390. The first-order valence-electron chi connectivity index (χ1n) is 3.50. The van der Waals surface area contributed by atoms with E-state index in [0.717, 1.165) is 10.9 Å². The molecule has 68 valence electrons. The lowest BCUT2D eigenvalue weighted by atomic mass is 10.2. The molecule has 1 aromatic carbocycles. The van der Waals surface area contributed by atoms with Crippen molar-refractivity contribution in [3.05, 3.63) is 34.9 Å². The highest BCUT2D eigenvalue weighted by molar-refractivity contribution is 9.10. The van der Waals surface area contributed by atoms with Crippen LogP contribution in [0.1, 0.15) is 0 Å². The van der Waals surface area contributed by atoms with Crippen LogP contribution in [0.4, 0.5) is 0 Å². The van der Waals surface area contributed by atoms with E-state index >= 15 is 0 Å². The summed E-state index contributed by atoms with van der Waals surface area (Å²) in [5.74, 6) is 0.246. The van der Waals surface area contributed by atoms with E-state index in [9.17, 15) is 5.11 Å². The minimum Gasteiger partial charge on any atom is -0.507 e. The summed E-state index contributed by atoms with van der Waals surface area (Å²) in [6, 6.07) is 7.24. The number of pyridine rings is 1. The van der Waals surface area contributed by atoms with Gasteiger partial charge >= 0.3 is 0 Å². The fourth-order valence-electron chi connectivity index (χ4n) is 1.08. The number of aromatic hydroxyl groups is 1. The molecule has 0 aliphatic carbocycles. The van der Waals surface area contributed by atoms with Crippen LogP contribution in [0, 0.1) is 0 Å². The van der Waals surface area contributed by atoms with Gasteiger partial charge in [0.15, 0.2) is 0 Å². The van der Waals surface area contributed by atoms with Gasteiger partial charge in [-0.2, -0.15) is 0 Å². The first-order chi connectivity index (χ1) is 5.77. The molecular formula is C9H7Br2NO. The third-order valence-electron chi connectivity index (χ3n) is 1.67. The second-order valence-corrected chi connectivity index (χ2v) is 3.35. The maximum absolute atomic E-state index is 9.34. The summed E-state index contributed by atoms with van der Waals surface area (Å²) >= 11 is 3.23. The number of hydrogen-bond donors (Lipinski definition) is 1. The summed E-state index contributed by atoms with van der Waals surface area (Å²) in [6.07, 6.45) is 1.73. The van der Waals surface area contributed by atoms with Crippen LogP contribution in [-0.2, 0) is 0 Å². The molecule has 0 aliphatic heterocycles. The van der Waals surface area contributed by atoms with Crippen LogP contribution in [0.25, 0.3) is 10.9 Å². The minimum atomic E-state index is 0. The predicted molar refractivity (Wildman–Crippen MR) is 61.4 cm³/mol. The van der Waals surface area contributed by atoms with Crippen molar-refractivity contribution in [2.75, 3.05) is 0 Å². The van der Waals surface area contributed by atoms with Crippen molar-refractivity contribution >= 4 is 43.8 Å². The Morgan fingerprint density at radius 1 is 1.31 bits per heavy atom. The summed E-state index contributed by atoms with van der Waals surface area (Å²) in [6.45, 7) is 0. The van der Waals surface area contributed by atoms with Crippen LogP contribution >= 0.6 is 32.9 Å². The van der Waals surface area contributed by atoms with Crippen LogP contribution in [0.5, 0.6) is 5.75 Å². The molecular weight excluding hydrogens is 298 g/mol. The number of fused-ring (bicyclic) bond motifs is 1. The van der Waals surface area contributed by atoms with Crippen LogP contribution < -0.4 is 0 Å². The second-order valence-electron chi connectivity index (χ2n) is 2.50. The van der Waals surface area contributed by atoms with Crippen LogP contribution in [0.2, 0.25) is 0 Å². The minimum absolute atomic E-state index is 0. The third-order valence-corrected chi connectivity index (χ3v) is 2.31. The van der Waals surface area contributed by atoms with E-state index < -0.39 is 0 Å². The Morgan fingerprint density at radius 3 is 2.85 bits per heavy atom. The number of hydrogen-bond acceptors (Lipinski definition) is 2. The molecule has 0 saturated carbocycles. The van der Waals surface area contributed by atoms with E-state index in [1.807, 2.05) is 12.1 Å². The molecule has 1 N–H and O–H groups in total. The molecule has 0 fully saturated rings. The van der Waals surface area contributed by atoms with Crippen molar-refractivity contribution in [3.8, 4) is 5.75 Å². The summed E-state index contributed by atoms with van der Waals surface area (Å²) in [7, 11) is 0. The van der Waals surface area contributed by atoms with Crippen LogP contribution in [0.15, 0.2) is 34.9 Å². The van der Waals surface area contributed by atoms with E-state index in [4.69, 9.17) is 0 Å². The zero-order valence-corrected chi connectivity index (χ0v) is 9.87. The molecule has 0 bridgehead atoms. The second kappa shape index (κ2) is 4.07. The molecule has 0 saturated heterocycles. The first-order valence-corrected chi connectivity index (χ1v) is 4.30. The van der Waals surface area contributed by atoms with Gasteiger partial charge in [0.2, 0.25) is 0 Å². The molecule has 2 rings (SSSR count). The molecule has 0 amide bonds. The van der Waals surface area contributed by atoms with Crippen molar-refractivity contribution in [1.82, 2.24) is 4.98 Å². The van der Waals surface area contributed by atoms with Gasteiger partial charge in [0.1, 0.15) is 5.75 Å².